The van der Waals surface area contributed by atoms with Gasteiger partial charge in [-0.25, -0.2) is 0 Å². The molecule has 1 rings (SSSR count). The number of halogens is 2. The molecule has 5 nitrogen and oxygen atoms in total. The Hall–Kier alpha value is -0.850. The van der Waals surface area contributed by atoms with E-state index in [4.69, 9.17) is 5.73 Å². The van der Waals surface area contributed by atoms with Gasteiger partial charge in [0.1, 0.15) is 0 Å². The summed E-state index contributed by atoms with van der Waals surface area (Å²) in [5.41, 5.74) is 5.67. The minimum absolute atomic E-state index is 0. The number of aryl methyl sites for hydroxylation is 1. The molecule has 7 heteroatoms. The molecule has 1 amide bonds. The third kappa shape index (κ3) is 3.96. The Morgan fingerprint density at radius 3 is 2.75 bits per heavy atom. The van der Waals surface area contributed by atoms with Crippen LogP contribution in [-0.2, 0) is 11.8 Å². The van der Waals surface area contributed by atoms with Gasteiger partial charge in [0, 0.05) is 26.2 Å². The molecular weight excluding hydrogens is 297 g/mol. The summed E-state index contributed by atoms with van der Waals surface area (Å²) in [6.07, 6.45) is 1.82. The molecule has 90 valence electrons. The first-order valence-electron chi connectivity index (χ1n) is 4.40. The molecular formula is C9H13BrClN3O2. The Labute approximate surface area is 108 Å². The fourth-order valence-corrected chi connectivity index (χ4v) is 1.62. The zero-order chi connectivity index (χ0) is 11.4. The van der Waals surface area contributed by atoms with Crippen molar-refractivity contribution in [2.24, 2.45) is 12.8 Å². The first-order valence-corrected chi connectivity index (χ1v) is 5.20. The van der Waals surface area contributed by atoms with Crippen LogP contribution in [0.15, 0.2) is 21.5 Å². The third-order valence-corrected chi connectivity index (χ3v) is 2.36. The van der Waals surface area contributed by atoms with Gasteiger partial charge in [-0.3, -0.25) is 9.59 Å². The van der Waals surface area contributed by atoms with E-state index in [-0.39, 0.29) is 30.3 Å². The van der Waals surface area contributed by atoms with Crippen molar-refractivity contribution in [2.75, 3.05) is 11.9 Å². The van der Waals surface area contributed by atoms with E-state index < -0.39 is 0 Å². The molecule has 0 fully saturated rings. The van der Waals surface area contributed by atoms with E-state index in [1.807, 2.05) is 0 Å². The summed E-state index contributed by atoms with van der Waals surface area (Å²) in [5.74, 6) is -0.164. The predicted octanol–water partition coefficient (Wildman–Crippen LogP) is 0.857. The SMILES string of the molecule is Cl.Cn1cc(NC(=O)CCN)cc(Br)c1=O. The van der Waals surface area contributed by atoms with Gasteiger partial charge in [-0.05, 0) is 22.0 Å². The number of pyridine rings is 1. The minimum Gasteiger partial charge on any atom is -0.330 e. The summed E-state index contributed by atoms with van der Waals surface area (Å²) in [6.45, 7) is 0.304. The molecule has 16 heavy (non-hydrogen) atoms. The quantitative estimate of drug-likeness (QED) is 0.869. The maximum Gasteiger partial charge on any atom is 0.264 e. The molecule has 1 aromatic heterocycles. The Morgan fingerprint density at radius 2 is 2.25 bits per heavy atom. The summed E-state index contributed by atoms with van der Waals surface area (Å²) >= 11 is 3.12. The van der Waals surface area contributed by atoms with Crippen LogP contribution >= 0.6 is 28.3 Å². The minimum atomic E-state index is -0.164. The fourth-order valence-electron chi connectivity index (χ4n) is 1.09. The maximum absolute atomic E-state index is 11.3. The lowest BCUT2D eigenvalue weighted by atomic mass is 10.3. The molecule has 0 unspecified atom stereocenters. The van der Waals surface area contributed by atoms with Crippen LogP contribution in [-0.4, -0.2) is 17.0 Å². The highest BCUT2D eigenvalue weighted by Crippen LogP contribution is 2.11. The van der Waals surface area contributed by atoms with Gasteiger partial charge < -0.3 is 15.6 Å². The second-order valence-corrected chi connectivity index (χ2v) is 3.93. The largest absolute Gasteiger partial charge is 0.330 e. The molecule has 1 heterocycles. The molecule has 0 aliphatic carbocycles. The second-order valence-electron chi connectivity index (χ2n) is 3.08. The number of nitrogens with zero attached hydrogens (tertiary/aromatic N) is 1. The molecule has 0 saturated heterocycles. The van der Waals surface area contributed by atoms with Crippen molar-refractivity contribution < 1.29 is 4.79 Å². The number of hydrogen-bond acceptors (Lipinski definition) is 3. The van der Waals surface area contributed by atoms with Gasteiger partial charge in [-0.15, -0.1) is 12.4 Å². The molecule has 0 aliphatic heterocycles. The van der Waals surface area contributed by atoms with Gasteiger partial charge in [0.15, 0.2) is 0 Å². The second kappa shape index (κ2) is 6.67. The number of nitrogens with one attached hydrogen (secondary N) is 1. The van der Waals surface area contributed by atoms with Crippen LogP contribution in [0.1, 0.15) is 6.42 Å². The van der Waals surface area contributed by atoms with Crippen molar-refractivity contribution in [1.82, 2.24) is 4.57 Å². The average Bonchev–Trinajstić information content (AvgIpc) is 2.14. The van der Waals surface area contributed by atoms with Crippen molar-refractivity contribution in [3.8, 4) is 0 Å². The van der Waals surface area contributed by atoms with Crippen LogP contribution in [0.25, 0.3) is 0 Å². The normalized spacial score (nSPS) is 9.44. The van der Waals surface area contributed by atoms with E-state index in [0.29, 0.717) is 16.7 Å². The average molecular weight is 311 g/mol. The number of aromatic nitrogens is 1. The van der Waals surface area contributed by atoms with E-state index in [0.717, 1.165) is 0 Å². The van der Waals surface area contributed by atoms with Gasteiger partial charge in [0.05, 0.1) is 10.2 Å². The van der Waals surface area contributed by atoms with Crippen molar-refractivity contribution in [2.45, 2.75) is 6.42 Å². The summed E-state index contributed by atoms with van der Waals surface area (Å²) in [4.78, 5) is 22.5. The van der Waals surface area contributed by atoms with Crippen LogP contribution in [0.3, 0.4) is 0 Å². The lowest BCUT2D eigenvalue weighted by Crippen LogP contribution is -2.20. The number of carbonyl (C=O) groups is 1. The number of hydrogen-bond donors (Lipinski definition) is 2. The highest BCUT2D eigenvalue weighted by molar-refractivity contribution is 9.10. The van der Waals surface area contributed by atoms with Gasteiger partial charge in [-0.1, -0.05) is 0 Å². The van der Waals surface area contributed by atoms with E-state index >= 15 is 0 Å². The Balaban J connectivity index is 0.00000225. The first kappa shape index (κ1) is 15.2. The summed E-state index contributed by atoms with van der Waals surface area (Å²) < 4.78 is 1.80. The lowest BCUT2D eigenvalue weighted by molar-refractivity contribution is -0.116. The molecule has 0 saturated carbocycles. The number of carbonyl (C=O) groups excluding carboxylic acids is 1. The molecule has 0 atom stereocenters. The monoisotopic (exact) mass is 309 g/mol. The zero-order valence-corrected chi connectivity index (χ0v) is 11.1. The predicted molar refractivity (Wildman–Crippen MR) is 68.9 cm³/mol. The standard InChI is InChI=1S/C9H12BrN3O2.ClH/c1-13-5-6(4-7(10)9(13)15)12-8(14)2-3-11;/h4-5H,2-3,11H2,1H3,(H,12,14);1H. The van der Waals surface area contributed by atoms with Crippen LogP contribution in [0.5, 0.6) is 0 Å². The number of rotatable bonds is 3. The van der Waals surface area contributed by atoms with Crippen molar-refractivity contribution in [1.29, 1.82) is 0 Å². The first-order chi connectivity index (χ1) is 7.04. The highest BCUT2D eigenvalue weighted by atomic mass is 79.9. The molecule has 3 N–H and O–H groups in total. The van der Waals surface area contributed by atoms with Crippen LogP contribution in [0.2, 0.25) is 0 Å². The van der Waals surface area contributed by atoms with E-state index in [2.05, 4.69) is 21.2 Å². The summed E-state index contributed by atoms with van der Waals surface area (Å²) in [6, 6.07) is 1.57. The van der Waals surface area contributed by atoms with Gasteiger partial charge in [-0.2, -0.15) is 0 Å². The van der Waals surface area contributed by atoms with Crippen LogP contribution in [0, 0.1) is 0 Å². The van der Waals surface area contributed by atoms with Crippen molar-refractivity contribution >= 4 is 39.9 Å². The third-order valence-electron chi connectivity index (χ3n) is 1.79. The van der Waals surface area contributed by atoms with Crippen molar-refractivity contribution in [3.05, 3.63) is 27.1 Å². The Kier molecular flexibility index (Phi) is 6.32. The van der Waals surface area contributed by atoms with Crippen LogP contribution in [0.4, 0.5) is 5.69 Å². The summed E-state index contributed by atoms with van der Waals surface area (Å²) in [7, 11) is 1.62. The smallest absolute Gasteiger partial charge is 0.264 e. The fraction of sp³-hybridized carbons (Fsp3) is 0.333. The van der Waals surface area contributed by atoms with Crippen molar-refractivity contribution in [3.63, 3.8) is 0 Å². The highest BCUT2D eigenvalue weighted by Gasteiger charge is 2.04. The lowest BCUT2D eigenvalue weighted by Gasteiger charge is -2.06. The zero-order valence-electron chi connectivity index (χ0n) is 8.70. The Morgan fingerprint density at radius 1 is 1.62 bits per heavy atom. The van der Waals surface area contributed by atoms with Gasteiger partial charge >= 0.3 is 0 Å². The molecule has 0 spiro atoms. The number of anilines is 1. The number of amides is 1. The topological polar surface area (TPSA) is 77.1 Å². The molecule has 0 aromatic carbocycles. The maximum atomic E-state index is 11.3. The summed E-state index contributed by atoms with van der Waals surface area (Å²) in [5, 5.41) is 2.64. The molecule has 0 aliphatic rings. The van der Waals surface area contributed by atoms with Gasteiger partial charge in [0.25, 0.3) is 5.56 Å². The Bertz CT molecular complexity index is 407. The van der Waals surface area contributed by atoms with E-state index in [9.17, 15) is 9.59 Å². The van der Waals surface area contributed by atoms with E-state index in [1.54, 1.807) is 19.3 Å². The number of nitrogens with two attached hydrogens (primary N) is 1. The van der Waals surface area contributed by atoms with Crippen LogP contribution < -0.4 is 16.6 Å². The molecule has 0 bridgehead atoms. The van der Waals surface area contributed by atoms with Gasteiger partial charge in [0.2, 0.25) is 5.91 Å². The van der Waals surface area contributed by atoms with E-state index in [1.165, 1.54) is 4.57 Å². The molecule has 0 radical (unpaired) electrons. The molecule has 1 aromatic rings.